The molecule has 0 spiro atoms. The predicted octanol–water partition coefficient (Wildman–Crippen LogP) is 1.34. The van der Waals surface area contributed by atoms with E-state index in [2.05, 4.69) is 25.6 Å². The van der Waals surface area contributed by atoms with E-state index < -0.39 is 33.4 Å². The van der Waals surface area contributed by atoms with Crippen LogP contribution in [0.5, 0.6) is 0 Å². The van der Waals surface area contributed by atoms with Crippen molar-refractivity contribution >= 4 is 43.8 Å². The van der Waals surface area contributed by atoms with E-state index in [4.69, 9.17) is 35.4 Å². The molecule has 178 valence electrons. The molecule has 0 saturated carbocycles. The minimum atomic E-state index is -4.69. The molecule has 0 amide bonds. The Balaban J connectivity index is 1.41. The lowest BCUT2D eigenvalue weighted by atomic mass is 10.1. The van der Waals surface area contributed by atoms with E-state index in [0.717, 1.165) is 13.0 Å². The summed E-state index contributed by atoms with van der Waals surface area (Å²) in [4.78, 5) is 35.8. The molecule has 2 fully saturated rings. The first-order valence-electron chi connectivity index (χ1n) is 9.86. The maximum Gasteiger partial charge on any atom is 0.340 e. The Bertz CT molecular complexity index is 1060. The van der Waals surface area contributed by atoms with E-state index >= 15 is 0 Å². The third kappa shape index (κ3) is 6.02. The van der Waals surface area contributed by atoms with Crippen LogP contribution in [-0.4, -0.2) is 78.0 Å². The topological polar surface area (TPSA) is 191 Å². The summed E-state index contributed by atoms with van der Waals surface area (Å²) >= 11 is 6.10. The van der Waals surface area contributed by atoms with Crippen molar-refractivity contribution in [2.75, 3.05) is 37.6 Å². The Morgan fingerprint density at radius 1 is 1.22 bits per heavy atom. The molecule has 2 aliphatic rings. The number of fused-ring (bicyclic) bond motifs is 1. The van der Waals surface area contributed by atoms with Crippen LogP contribution in [-0.2, 0) is 23.1 Å². The fourth-order valence-electron chi connectivity index (χ4n) is 3.57. The maximum absolute atomic E-state index is 11.8. The molecule has 14 nitrogen and oxygen atoms in total. The summed E-state index contributed by atoms with van der Waals surface area (Å²) in [5.74, 6) is -0.433. The zero-order chi connectivity index (χ0) is 22.9. The van der Waals surface area contributed by atoms with Crippen LogP contribution >= 0.6 is 26.8 Å². The number of nitrogens with zero attached hydrogens (tertiary/aromatic N) is 5. The molecule has 1 unspecified atom stereocenters. The summed E-state index contributed by atoms with van der Waals surface area (Å²) in [6.45, 7) is 1.75. The van der Waals surface area contributed by atoms with Gasteiger partial charge in [-0.25, -0.2) is 0 Å². The standard InChI is InChI=1S/C15H23ClN6O8P2/c16-15-18-13(17-5-9-3-4-28-6-9)12-14(19-15)22(21-20-12)11-2-1-10(30-11)7-29-32(26,27)8-31(23,24)25/h9-11H,1-8H2,(H,26,27)(H,17,18,19)(H2,23,24,25)/t9-,10+,11-/m1/s1. The number of rotatable bonds is 9. The van der Waals surface area contributed by atoms with Gasteiger partial charge in [-0.15, -0.1) is 5.10 Å². The lowest BCUT2D eigenvalue weighted by molar-refractivity contribution is -0.0239. The number of anilines is 1. The molecule has 4 N–H and O–H groups in total. The normalized spacial score (nSPS) is 25.9. The van der Waals surface area contributed by atoms with Crippen molar-refractivity contribution in [3.8, 4) is 0 Å². The summed E-state index contributed by atoms with van der Waals surface area (Å²) in [6, 6.07) is 0. The minimum Gasteiger partial charge on any atom is -0.381 e. The van der Waals surface area contributed by atoms with E-state index in [0.29, 0.717) is 48.9 Å². The van der Waals surface area contributed by atoms with Crippen LogP contribution in [0.3, 0.4) is 0 Å². The lowest BCUT2D eigenvalue weighted by Gasteiger charge is -2.17. The van der Waals surface area contributed by atoms with Gasteiger partial charge in [0.1, 0.15) is 0 Å². The van der Waals surface area contributed by atoms with Crippen LogP contribution in [0.15, 0.2) is 0 Å². The first-order chi connectivity index (χ1) is 15.1. The van der Waals surface area contributed by atoms with E-state index in [9.17, 15) is 14.0 Å². The highest BCUT2D eigenvalue weighted by Crippen LogP contribution is 2.55. The molecule has 2 aromatic heterocycles. The zero-order valence-electron chi connectivity index (χ0n) is 16.8. The highest BCUT2D eigenvalue weighted by molar-refractivity contribution is 7.70. The summed E-state index contributed by atoms with van der Waals surface area (Å²) in [7, 11) is -9.14. The molecule has 32 heavy (non-hydrogen) atoms. The average molecular weight is 513 g/mol. The second-order valence-electron chi connectivity index (χ2n) is 7.69. The Hall–Kier alpha value is -1.21. The van der Waals surface area contributed by atoms with E-state index in [1.54, 1.807) is 0 Å². The largest absolute Gasteiger partial charge is 0.381 e. The van der Waals surface area contributed by atoms with Crippen molar-refractivity contribution < 1.29 is 37.8 Å². The molecule has 2 aliphatic heterocycles. The number of hydrogen-bond acceptors (Lipinski definition) is 10. The number of nitrogens with one attached hydrogen (secondary N) is 1. The highest BCUT2D eigenvalue weighted by Gasteiger charge is 2.35. The van der Waals surface area contributed by atoms with Crippen LogP contribution in [0.25, 0.3) is 11.2 Å². The van der Waals surface area contributed by atoms with Gasteiger partial charge in [-0.05, 0) is 30.9 Å². The summed E-state index contributed by atoms with van der Waals surface area (Å²) in [6.07, 6.45) is 0.762. The minimum absolute atomic E-state index is 0.0164. The van der Waals surface area contributed by atoms with Gasteiger partial charge >= 0.3 is 15.2 Å². The quantitative estimate of drug-likeness (QED) is 0.278. The van der Waals surface area contributed by atoms with Gasteiger partial charge in [-0.1, -0.05) is 5.21 Å². The number of hydrogen-bond donors (Lipinski definition) is 4. The van der Waals surface area contributed by atoms with Crippen LogP contribution in [0.1, 0.15) is 25.5 Å². The molecule has 0 bridgehead atoms. The van der Waals surface area contributed by atoms with Gasteiger partial charge in [0.2, 0.25) is 5.28 Å². The summed E-state index contributed by atoms with van der Waals surface area (Å²) < 4.78 is 40.3. The Morgan fingerprint density at radius 3 is 2.75 bits per heavy atom. The summed E-state index contributed by atoms with van der Waals surface area (Å²) in [5, 5.41) is 11.5. The van der Waals surface area contributed by atoms with Crippen LogP contribution in [0.2, 0.25) is 5.28 Å². The number of ether oxygens (including phenoxy) is 2. The second-order valence-corrected chi connectivity index (χ2v) is 12.0. The first-order valence-corrected chi connectivity index (χ1v) is 13.8. The molecule has 4 atom stereocenters. The summed E-state index contributed by atoms with van der Waals surface area (Å²) in [5.41, 5.74) is 0.800. The van der Waals surface area contributed by atoms with Crippen molar-refractivity contribution in [1.82, 2.24) is 25.0 Å². The third-order valence-corrected chi connectivity index (χ3v) is 8.69. The van der Waals surface area contributed by atoms with Crippen LogP contribution in [0.4, 0.5) is 5.82 Å². The fraction of sp³-hybridized carbons (Fsp3) is 0.733. The van der Waals surface area contributed by atoms with E-state index in [1.807, 2.05) is 0 Å². The number of aromatic nitrogens is 5. The van der Waals surface area contributed by atoms with Gasteiger partial charge in [0.25, 0.3) is 0 Å². The van der Waals surface area contributed by atoms with E-state index in [1.165, 1.54) is 4.68 Å². The smallest absolute Gasteiger partial charge is 0.340 e. The molecule has 0 radical (unpaired) electrons. The zero-order valence-corrected chi connectivity index (χ0v) is 19.3. The Labute approximate surface area is 187 Å². The molecule has 4 rings (SSSR count). The van der Waals surface area contributed by atoms with Crippen LogP contribution in [0, 0.1) is 5.92 Å². The highest BCUT2D eigenvalue weighted by atomic mass is 35.5. The van der Waals surface area contributed by atoms with E-state index in [-0.39, 0.29) is 11.9 Å². The Kier molecular flexibility index (Phi) is 7.16. The molecule has 4 heterocycles. The van der Waals surface area contributed by atoms with Gasteiger partial charge in [0, 0.05) is 19.1 Å². The average Bonchev–Trinajstić information content (AvgIpc) is 3.42. The fourth-order valence-corrected chi connectivity index (χ4v) is 6.32. The predicted molar refractivity (Wildman–Crippen MR) is 111 cm³/mol. The van der Waals surface area contributed by atoms with Gasteiger partial charge < -0.3 is 34.0 Å². The van der Waals surface area contributed by atoms with Crippen molar-refractivity contribution in [2.24, 2.45) is 5.92 Å². The second kappa shape index (κ2) is 9.57. The first kappa shape index (κ1) is 23.9. The molecular weight excluding hydrogens is 490 g/mol. The SMILES string of the molecule is O=P(O)(O)CP(=O)(O)OC[C@@H]1CC[C@H](n2nnc3c(NC[C@H]4CCOC4)nc(Cl)nc32)O1. The molecule has 17 heteroatoms. The Morgan fingerprint density at radius 2 is 2.03 bits per heavy atom. The van der Waals surface area contributed by atoms with Crippen LogP contribution < -0.4 is 5.32 Å². The molecule has 2 saturated heterocycles. The van der Waals surface area contributed by atoms with Crippen molar-refractivity contribution in [2.45, 2.75) is 31.6 Å². The van der Waals surface area contributed by atoms with Crippen molar-refractivity contribution in [3.05, 3.63) is 5.28 Å². The van der Waals surface area contributed by atoms with Gasteiger partial charge in [0.15, 0.2) is 29.1 Å². The maximum atomic E-state index is 11.8. The van der Waals surface area contributed by atoms with Crippen molar-refractivity contribution in [3.63, 3.8) is 0 Å². The molecule has 0 aliphatic carbocycles. The van der Waals surface area contributed by atoms with Crippen molar-refractivity contribution in [1.29, 1.82) is 0 Å². The monoisotopic (exact) mass is 512 g/mol. The molecule has 2 aromatic rings. The number of halogens is 1. The third-order valence-electron chi connectivity index (χ3n) is 5.06. The molecular formula is C15H23ClN6O8P2. The lowest BCUT2D eigenvalue weighted by Crippen LogP contribution is -2.18. The van der Waals surface area contributed by atoms with Gasteiger partial charge in [0.05, 0.1) is 19.3 Å². The molecule has 0 aromatic carbocycles. The van der Waals surface area contributed by atoms with Gasteiger partial charge in [-0.2, -0.15) is 14.6 Å². The van der Waals surface area contributed by atoms with Gasteiger partial charge in [-0.3, -0.25) is 9.13 Å².